The number of aromatic nitrogens is 3. The van der Waals surface area contributed by atoms with E-state index in [0.717, 1.165) is 43.0 Å². The zero-order valence-corrected chi connectivity index (χ0v) is 13.2. The maximum Gasteiger partial charge on any atom is 0.254 e. The number of furan rings is 1. The highest BCUT2D eigenvalue weighted by Gasteiger charge is 2.22. The van der Waals surface area contributed by atoms with Crippen LogP contribution in [0.15, 0.2) is 53.3 Å². The van der Waals surface area contributed by atoms with Crippen LogP contribution in [-0.4, -0.2) is 26.7 Å². The number of hydrogen-bond acceptors (Lipinski definition) is 4. The Labute approximate surface area is 139 Å². The van der Waals surface area contributed by atoms with Gasteiger partial charge in [0.1, 0.15) is 12.1 Å². The van der Waals surface area contributed by atoms with Crippen LogP contribution in [0.25, 0.3) is 11.4 Å². The third kappa shape index (κ3) is 2.82. The van der Waals surface area contributed by atoms with E-state index in [1.807, 2.05) is 30.3 Å². The van der Waals surface area contributed by atoms with Crippen molar-refractivity contribution in [1.29, 1.82) is 0 Å². The molecule has 1 N–H and O–H groups in total. The van der Waals surface area contributed by atoms with Crippen LogP contribution >= 0.6 is 0 Å². The molecule has 2 aromatic heterocycles. The molecule has 4 rings (SSSR count). The SMILES string of the molecule is O=C(NC1CCc2nnc(-c3ccccc3)n2CC1)c1ccoc1. The van der Waals surface area contributed by atoms with Crippen molar-refractivity contribution in [1.82, 2.24) is 20.1 Å². The molecule has 0 saturated carbocycles. The largest absolute Gasteiger partial charge is 0.472 e. The lowest BCUT2D eigenvalue weighted by molar-refractivity contribution is 0.0932. The summed E-state index contributed by atoms with van der Waals surface area (Å²) >= 11 is 0. The number of fused-ring (bicyclic) bond motifs is 1. The van der Waals surface area contributed by atoms with E-state index in [0.29, 0.717) is 5.56 Å². The number of nitrogens with zero attached hydrogens (tertiary/aromatic N) is 3. The Balaban J connectivity index is 1.49. The van der Waals surface area contributed by atoms with E-state index >= 15 is 0 Å². The van der Waals surface area contributed by atoms with Gasteiger partial charge < -0.3 is 14.3 Å². The van der Waals surface area contributed by atoms with Crippen molar-refractivity contribution in [3.05, 3.63) is 60.3 Å². The second kappa shape index (κ2) is 6.31. The number of benzene rings is 1. The van der Waals surface area contributed by atoms with Crippen molar-refractivity contribution in [2.45, 2.75) is 31.8 Å². The van der Waals surface area contributed by atoms with Crippen molar-refractivity contribution in [2.75, 3.05) is 0 Å². The Kier molecular flexibility index (Phi) is 3.86. The topological polar surface area (TPSA) is 73.0 Å². The minimum Gasteiger partial charge on any atom is -0.472 e. The molecule has 0 radical (unpaired) electrons. The first kappa shape index (κ1) is 14.7. The monoisotopic (exact) mass is 322 g/mol. The summed E-state index contributed by atoms with van der Waals surface area (Å²) in [7, 11) is 0. The number of nitrogens with one attached hydrogen (secondary N) is 1. The van der Waals surface area contributed by atoms with Gasteiger partial charge in [-0.05, 0) is 18.9 Å². The highest BCUT2D eigenvalue weighted by molar-refractivity contribution is 5.93. The quantitative estimate of drug-likeness (QED) is 0.804. The average Bonchev–Trinajstić information content (AvgIpc) is 3.24. The van der Waals surface area contributed by atoms with Gasteiger partial charge in [0.15, 0.2) is 5.82 Å². The Hall–Kier alpha value is -2.89. The standard InChI is InChI=1S/C18H18N4O2/c23-18(14-9-11-24-12-14)19-15-6-7-16-20-21-17(22(16)10-8-15)13-4-2-1-3-5-13/h1-5,9,11-12,15H,6-8,10H2,(H,19,23). The van der Waals surface area contributed by atoms with Crippen LogP contribution in [-0.2, 0) is 13.0 Å². The van der Waals surface area contributed by atoms with E-state index in [9.17, 15) is 4.79 Å². The second-order valence-corrected chi connectivity index (χ2v) is 5.97. The van der Waals surface area contributed by atoms with Gasteiger partial charge in [-0.2, -0.15) is 0 Å². The van der Waals surface area contributed by atoms with Gasteiger partial charge in [-0.15, -0.1) is 10.2 Å². The summed E-state index contributed by atoms with van der Waals surface area (Å²) in [5.41, 5.74) is 1.63. The Bertz CT molecular complexity index is 824. The van der Waals surface area contributed by atoms with Crippen LogP contribution in [0.1, 0.15) is 29.0 Å². The van der Waals surface area contributed by atoms with Crippen molar-refractivity contribution in [3.8, 4) is 11.4 Å². The minimum absolute atomic E-state index is 0.0882. The average molecular weight is 322 g/mol. The first-order chi connectivity index (χ1) is 11.8. The van der Waals surface area contributed by atoms with Gasteiger partial charge in [-0.25, -0.2) is 0 Å². The Morgan fingerprint density at radius 2 is 2.04 bits per heavy atom. The van der Waals surface area contributed by atoms with Crippen molar-refractivity contribution < 1.29 is 9.21 Å². The van der Waals surface area contributed by atoms with E-state index in [1.54, 1.807) is 6.07 Å². The molecular formula is C18H18N4O2. The third-order valence-electron chi connectivity index (χ3n) is 4.40. The minimum atomic E-state index is -0.0882. The molecule has 6 nitrogen and oxygen atoms in total. The highest BCUT2D eigenvalue weighted by atomic mass is 16.3. The normalized spacial score (nSPS) is 17.1. The summed E-state index contributed by atoms with van der Waals surface area (Å²) in [6.45, 7) is 0.795. The second-order valence-electron chi connectivity index (χ2n) is 5.97. The zero-order valence-electron chi connectivity index (χ0n) is 13.2. The lowest BCUT2D eigenvalue weighted by Crippen LogP contribution is -2.35. The molecule has 0 aliphatic carbocycles. The zero-order chi connectivity index (χ0) is 16.4. The first-order valence-electron chi connectivity index (χ1n) is 8.12. The van der Waals surface area contributed by atoms with Gasteiger partial charge in [0.2, 0.25) is 0 Å². The van der Waals surface area contributed by atoms with Gasteiger partial charge in [-0.1, -0.05) is 30.3 Å². The number of rotatable bonds is 3. The van der Waals surface area contributed by atoms with Gasteiger partial charge in [0.05, 0.1) is 11.8 Å². The molecule has 3 heterocycles. The Morgan fingerprint density at radius 3 is 2.83 bits per heavy atom. The summed E-state index contributed by atoms with van der Waals surface area (Å²) in [5.74, 6) is 1.79. The Morgan fingerprint density at radius 1 is 1.17 bits per heavy atom. The molecule has 0 saturated heterocycles. The maximum atomic E-state index is 12.2. The molecule has 0 fully saturated rings. The summed E-state index contributed by atoms with van der Waals surface area (Å²) in [4.78, 5) is 12.2. The molecule has 0 spiro atoms. The first-order valence-corrected chi connectivity index (χ1v) is 8.12. The van der Waals surface area contributed by atoms with Crippen LogP contribution in [0.3, 0.4) is 0 Å². The fourth-order valence-electron chi connectivity index (χ4n) is 3.10. The molecule has 24 heavy (non-hydrogen) atoms. The van der Waals surface area contributed by atoms with E-state index in [-0.39, 0.29) is 11.9 Å². The summed E-state index contributed by atoms with van der Waals surface area (Å²) in [6, 6.07) is 11.9. The lowest BCUT2D eigenvalue weighted by Gasteiger charge is -2.15. The fourth-order valence-corrected chi connectivity index (χ4v) is 3.10. The van der Waals surface area contributed by atoms with Gasteiger partial charge in [-0.3, -0.25) is 4.79 Å². The van der Waals surface area contributed by atoms with Gasteiger partial charge in [0.25, 0.3) is 5.91 Å². The van der Waals surface area contributed by atoms with Crippen molar-refractivity contribution in [3.63, 3.8) is 0 Å². The molecule has 122 valence electrons. The number of aryl methyl sites for hydroxylation is 1. The van der Waals surface area contributed by atoms with E-state index in [2.05, 4.69) is 20.1 Å². The maximum absolute atomic E-state index is 12.2. The van der Waals surface area contributed by atoms with E-state index in [4.69, 9.17) is 4.42 Å². The predicted octanol–water partition coefficient (Wildman–Crippen LogP) is 2.67. The molecule has 1 atom stereocenters. The van der Waals surface area contributed by atoms with Crippen molar-refractivity contribution in [2.24, 2.45) is 0 Å². The molecule has 1 amide bonds. The molecule has 0 bridgehead atoms. The molecule has 1 aromatic carbocycles. The van der Waals surface area contributed by atoms with Gasteiger partial charge >= 0.3 is 0 Å². The smallest absolute Gasteiger partial charge is 0.254 e. The number of amides is 1. The summed E-state index contributed by atoms with van der Waals surface area (Å²) in [6.07, 6.45) is 5.49. The molecule has 1 unspecified atom stereocenters. The van der Waals surface area contributed by atoms with E-state index < -0.39 is 0 Å². The fraction of sp³-hybridized carbons (Fsp3) is 0.278. The predicted molar refractivity (Wildman–Crippen MR) is 88.4 cm³/mol. The molecule has 3 aromatic rings. The molecule has 1 aliphatic rings. The number of carbonyl (C=O) groups is 1. The van der Waals surface area contributed by atoms with Crippen LogP contribution in [0.2, 0.25) is 0 Å². The van der Waals surface area contributed by atoms with Crippen LogP contribution in [0.5, 0.6) is 0 Å². The third-order valence-corrected chi connectivity index (χ3v) is 4.40. The lowest BCUT2D eigenvalue weighted by atomic mass is 10.1. The van der Waals surface area contributed by atoms with Crippen molar-refractivity contribution >= 4 is 5.91 Å². The van der Waals surface area contributed by atoms with Crippen LogP contribution in [0, 0.1) is 0 Å². The van der Waals surface area contributed by atoms with Gasteiger partial charge in [0, 0.05) is 24.6 Å². The van der Waals surface area contributed by atoms with E-state index in [1.165, 1.54) is 12.5 Å². The number of carbonyl (C=O) groups excluding carboxylic acids is 1. The summed E-state index contributed by atoms with van der Waals surface area (Å²) in [5, 5.41) is 11.8. The van der Waals surface area contributed by atoms with Crippen LogP contribution < -0.4 is 5.32 Å². The number of hydrogen-bond donors (Lipinski definition) is 1. The van der Waals surface area contributed by atoms with Crippen LogP contribution in [0.4, 0.5) is 0 Å². The molecule has 1 aliphatic heterocycles. The molecule has 6 heteroatoms. The molecular weight excluding hydrogens is 304 g/mol. The highest BCUT2D eigenvalue weighted by Crippen LogP contribution is 2.22. The summed E-state index contributed by atoms with van der Waals surface area (Å²) < 4.78 is 7.14.